The molecule has 4 nitrogen and oxygen atoms in total. The normalized spacial score (nSPS) is 10.2. The Morgan fingerprint density at radius 3 is 2.18 bits per heavy atom. The first kappa shape index (κ1) is 15.8. The zero-order chi connectivity index (χ0) is 16.3. The second kappa shape index (κ2) is 6.47. The Morgan fingerprint density at radius 1 is 1.05 bits per heavy atom. The topological polar surface area (TPSA) is 47.6 Å². The number of anilines is 1. The summed E-state index contributed by atoms with van der Waals surface area (Å²) >= 11 is 0. The molecule has 0 aliphatic heterocycles. The zero-order valence-corrected chi connectivity index (χ0v) is 13.0. The van der Waals surface area contributed by atoms with Gasteiger partial charge in [-0.05, 0) is 43.7 Å². The summed E-state index contributed by atoms with van der Waals surface area (Å²) in [7, 11) is 3.04. The Labute approximate surface area is 128 Å². The predicted octanol–water partition coefficient (Wildman–Crippen LogP) is 3.71. The van der Waals surface area contributed by atoms with E-state index in [1.807, 2.05) is 13.8 Å². The summed E-state index contributed by atoms with van der Waals surface area (Å²) < 4.78 is 24.2. The van der Waals surface area contributed by atoms with Crippen molar-refractivity contribution in [2.24, 2.45) is 0 Å². The maximum absolute atomic E-state index is 13.7. The molecule has 0 aliphatic carbocycles. The summed E-state index contributed by atoms with van der Waals surface area (Å²) in [4.78, 5) is 12.3. The fraction of sp³-hybridized carbons (Fsp3) is 0.235. The van der Waals surface area contributed by atoms with Gasteiger partial charge in [-0.25, -0.2) is 4.39 Å². The number of methoxy groups -OCH3 is 2. The van der Waals surface area contributed by atoms with E-state index < -0.39 is 11.7 Å². The van der Waals surface area contributed by atoms with E-state index in [1.165, 1.54) is 20.3 Å². The molecule has 0 atom stereocenters. The Kier molecular flexibility index (Phi) is 4.65. The van der Waals surface area contributed by atoms with E-state index in [4.69, 9.17) is 9.47 Å². The number of hydrogen-bond donors (Lipinski definition) is 1. The van der Waals surface area contributed by atoms with Gasteiger partial charge >= 0.3 is 0 Å². The first-order valence-corrected chi connectivity index (χ1v) is 6.76. The second-order valence-corrected chi connectivity index (χ2v) is 4.94. The van der Waals surface area contributed by atoms with Crippen LogP contribution in [0.15, 0.2) is 30.3 Å². The van der Waals surface area contributed by atoms with Crippen LogP contribution in [-0.2, 0) is 0 Å². The van der Waals surface area contributed by atoms with Crippen molar-refractivity contribution in [3.05, 3.63) is 52.8 Å². The number of carbonyl (C=O) groups is 1. The minimum absolute atomic E-state index is 0.142. The number of ether oxygens (including phenoxy) is 2. The summed E-state index contributed by atoms with van der Waals surface area (Å²) in [6.45, 7) is 3.66. The van der Waals surface area contributed by atoms with Gasteiger partial charge in [-0.2, -0.15) is 0 Å². The van der Waals surface area contributed by atoms with Gasteiger partial charge in [0, 0.05) is 11.1 Å². The van der Waals surface area contributed by atoms with Crippen molar-refractivity contribution in [3.63, 3.8) is 0 Å². The molecule has 0 saturated heterocycles. The lowest BCUT2D eigenvalue weighted by atomic mass is 10.1. The number of halogens is 1. The molecule has 116 valence electrons. The molecular formula is C17H18FNO3. The minimum Gasteiger partial charge on any atom is -0.496 e. The van der Waals surface area contributed by atoms with E-state index in [1.54, 1.807) is 24.3 Å². The molecule has 0 aliphatic rings. The molecule has 0 fully saturated rings. The fourth-order valence-corrected chi connectivity index (χ4v) is 2.15. The van der Waals surface area contributed by atoms with Crippen molar-refractivity contribution in [2.45, 2.75) is 13.8 Å². The highest BCUT2D eigenvalue weighted by atomic mass is 19.1. The number of amides is 1. The standard InChI is InChI=1S/C17H18FNO3/c1-10-5-6-13(18)14(7-10)19-17(20)12-8-15(21-3)11(2)16(9-12)22-4/h5-9H,1-4H3,(H,19,20). The Morgan fingerprint density at radius 2 is 1.64 bits per heavy atom. The number of carbonyl (C=O) groups excluding carboxylic acids is 1. The van der Waals surface area contributed by atoms with Crippen LogP contribution in [0.3, 0.4) is 0 Å². The quantitative estimate of drug-likeness (QED) is 0.936. The third-order valence-electron chi connectivity index (χ3n) is 3.38. The number of hydrogen-bond acceptors (Lipinski definition) is 3. The van der Waals surface area contributed by atoms with Gasteiger partial charge in [-0.3, -0.25) is 4.79 Å². The zero-order valence-electron chi connectivity index (χ0n) is 13.0. The van der Waals surface area contributed by atoms with Crippen molar-refractivity contribution < 1.29 is 18.7 Å². The van der Waals surface area contributed by atoms with Gasteiger partial charge in [0.1, 0.15) is 17.3 Å². The lowest BCUT2D eigenvalue weighted by Crippen LogP contribution is -2.14. The van der Waals surface area contributed by atoms with Crippen molar-refractivity contribution in [2.75, 3.05) is 19.5 Å². The van der Waals surface area contributed by atoms with Gasteiger partial charge in [-0.15, -0.1) is 0 Å². The SMILES string of the molecule is COc1cc(C(=O)Nc2cc(C)ccc2F)cc(OC)c1C. The highest BCUT2D eigenvalue weighted by Gasteiger charge is 2.15. The summed E-state index contributed by atoms with van der Waals surface area (Å²) in [6.07, 6.45) is 0. The maximum atomic E-state index is 13.7. The average molecular weight is 303 g/mol. The van der Waals surface area contributed by atoms with Gasteiger partial charge in [0.15, 0.2) is 0 Å². The maximum Gasteiger partial charge on any atom is 0.256 e. The largest absolute Gasteiger partial charge is 0.496 e. The van der Waals surface area contributed by atoms with Crippen LogP contribution in [0, 0.1) is 19.7 Å². The van der Waals surface area contributed by atoms with Crippen molar-refractivity contribution in [1.29, 1.82) is 0 Å². The molecule has 0 radical (unpaired) electrons. The van der Waals surface area contributed by atoms with E-state index in [0.29, 0.717) is 17.1 Å². The van der Waals surface area contributed by atoms with E-state index in [-0.39, 0.29) is 5.69 Å². The molecule has 0 aromatic heterocycles. The third-order valence-corrected chi connectivity index (χ3v) is 3.38. The van der Waals surface area contributed by atoms with Crippen LogP contribution >= 0.6 is 0 Å². The van der Waals surface area contributed by atoms with Crippen molar-refractivity contribution >= 4 is 11.6 Å². The highest BCUT2D eigenvalue weighted by Crippen LogP contribution is 2.30. The molecule has 2 rings (SSSR count). The predicted molar refractivity (Wildman–Crippen MR) is 83.4 cm³/mol. The average Bonchev–Trinajstić information content (AvgIpc) is 2.51. The lowest BCUT2D eigenvalue weighted by molar-refractivity contribution is 0.102. The molecule has 2 aromatic rings. The molecule has 2 aromatic carbocycles. The molecule has 1 amide bonds. The molecule has 0 heterocycles. The number of rotatable bonds is 4. The molecule has 0 unspecified atom stereocenters. The first-order chi connectivity index (χ1) is 10.5. The van der Waals surface area contributed by atoms with E-state index >= 15 is 0 Å². The van der Waals surface area contributed by atoms with Crippen LogP contribution in [0.5, 0.6) is 11.5 Å². The van der Waals surface area contributed by atoms with Crippen LogP contribution in [0.25, 0.3) is 0 Å². The fourth-order valence-electron chi connectivity index (χ4n) is 2.15. The smallest absolute Gasteiger partial charge is 0.256 e. The van der Waals surface area contributed by atoms with E-state index in [2.05, 4.69) is 5.32 Å². The summed E-state index contributed by atoms with van der Waals surface area (Å²) in [5.41, 5.74) is 2.13. The second-order valence-electron chi connectivity index (χ2n) is 4.94. The first-order valence-electron chi connectivity index (χ1n) is 6.76. The van der Waals surface area contributed by atoms with Crippen LogP contribution in [0.4, 0.5) is 10.1 Å². The highest BCUT2D eigenvalue weighted by molar-refractivity contribution is 6.05. The van der Waals surface area contributed by atoms with Crippen LogP contribution in [0.2, 0.25) is 0 Å². The number of nitrogens with one attached hydrogen (secondary N) is 1. The molecule has 22 heavy (non-hydrogen) atoms. The van der Waals surface area contributed by atoms with Gasteiger partial charge in [0.05, 0.1) is 19.9 Å². The van der Waals surface area contributed by atoms with E-state index in [9.17, 15) is 9.18 Å². The molecule has 0 saturated carbocycles. The Bertz CT molecular complexity index is 688. The van der Waals surface area contributed by atoms with Gasteiger partial charge in [-0.1, -0.05) is 6.07 Å². The molecule has 5 heteroatoms. The number of benzene rings is 2. The third kappa shape index (κ3) is 3.19. The molecular weight excluding hydrogens is 285 g/mol. The van der Waals surface area contributed by atoms with Crippen molar-refractivity contribution in [3.8, 4) is 11.5 Å². The summed E-state index contributed by atoms with van der Waals surface area (Å²) in [5, 5.41) is 2.56. The number of aryl methyl sites for hydroxylation is 1. The lowest BCUT2D eigenvalue weighted by Gasteiger charge is -2.13. The Hall–Kier alpha value is -2.56. The van der Waals surface area contributed by atoms with Gasteiger partial charge < -0.3 is 14.8 Å². The minimum atomic E-state index is -0.481. The molecule has 0 spiro atoms. The molecule has 0 bridgehead atoms. The monoisotopic (exact) mass is 303 g/mol. The van der Waals surface area contributed by atoms with E-state index in [0.717, 1.165) is 11.1 Å². The van der Waals surface area contributed by atoms with Crippen LogP contribution in [-0.4, -0.2) is 20.1 Å². The van der Waals surface area contributed by atoms with Crippen LogP contribution < -0.4 is 14.8 Å². The Balaban J connectivity index is 2.35. The van der Waals surface area contributed by atoms with Crippen LogP contribution in [0.1, 0.15) is 21.5 Å². The molecule has 1 N–H and O–H groups in total. The summed E-state index contributed by atoms with van der Waals surface area (Å²) in [6, 6.07) is 7.74. The summed E-state index contributed by atoms with van der Waals surface area (Å²) in [5.74, 6) is 0.162. The van der Waals surface area contributed by atoms with Gasteiger partial charge in [0.2, 0.25) is 0 Å². The van der Waals surface area contributed by atoms with Gasteiger partial charge in [0.25, 0.3) is 5.91 Å². The van der Waals surface area contributed by atoms with Crippen molar-refractivity contribution in [1.82, 2.24) is 0 Å².